The normalized spacial score (nSPS) is 23.4. The third-order valence-corrected chi connectivity index (χ3v) is 4.87. The van der Waals surface area contributed by atoms with Crippen LogP contribution < -0.4 is 0 Å². The Kier molecular flexibility index (Phi) is 3.56. The molecule has 0 saturated heterocycles. The Morgan fingerprint density at radius 3 is 1.86 bits per heavy atom. The number of thioether (sulfide) groups is 1. The molecule has 2 aromatic rings. The van der Waals surface area contributed by atoms with Gasteiger partial charge in [0.25, 0.3) is 5.00 Å². The van der Waals surface area contributed by atoms with E-state index in [2.05, 4.69) is 4.99 Å². The van der Waals surface area contributed by atoms with Crippen LogP contribution in [0.5, 0.6) is 0 Å². The summed E-state index contributed by atoms with van der Waals surface area (Å²) in [6, 6.07) is 9.17. The minimum absolute atomic E-state index is 0.0214. The first-order chi connectivity index (χ1) is 10.3. The molecule has 1 heterocycles. The summed E-state index contributed by atoms with van der Waals surface area (Å²) in [6.45, 7) is 3.72. The molecular formula is C17H14F3NS. The molecule has 0 bridgehead atoms. The SMILES string of the molecule is Cc1ccc(C2=NC(F)(F)C(F)(c3ccc(C)cc3)S2)cc1. The van der Waals surface area contributed by atoms with E-state index < -0.39 is 11.0 Å². The minimum atomic E-state index is -3.80. The van der Waals surface area contributed by atoms with Crippen LogP contribution in [0.25, 0.3) is 0 Å². The minimum Gasteiger partial charge on any atom is -0.217 e. The van der Waals surface area contributed by atoms with Gasteiger partial charge in [-0.1, -0.05) is 71.4 Å². The molecule has 0 aliphatic carbocycles. The number of hydrogen-bond acceptors (Lipinski definition) is 2. The van der Waals surface area contributed by atoms with Crippen molar-refractivity contribution in [3.8, 4) is 0 Å². The largest absolute Gasteiger partial charge is 0.391 e. The summed E-state index contributed by atoms with van der Waals surface area (Å²) in [5.74, 6) is 0. The van der Waals surface area contributed by atoms with Crippen LogP contribution in [0.4, 0.5) is 13.2 Å². The molecule has 0 radical (unpaired) electrons. The second-order valence-corrected chi connectivity index (χ2v) is 6.54. The molecule has 0 N–H and O–H groups in total. The summed E-state index contributed by atoms with van der Waals surface area (Å²) in [7, 11) is 0. The molecule has 2 aromatic carbocycles. The van der Waals surface area contributed by atoms with Crippen molar-refractivity contribution in [1.29, 1.82) is 0 Å². The van der Waals surface area contributed by atoms with Crippen molar-refractivity contribution in [3.05, 3.63) is 70.8 Å². The second kappa shape index (κ2) is 5.16. The summed E-state index contributed by atoms with van der Waals surface area (Å²) >= 11 is 0.471. The lowest BCUT2D eigenvalue weighted by molar-refractivity contribution is -0.0815. The molecule has 3 rings (SSSR count). The maximum absolute atomic E-state index is 15.1. The van der Waals surface area contributed by atoms with Crippen molar-refractivity contribution in [3.63, 3.8) is 0 Å². The smallest absolute Gasteiger partial charge is 0.217 e. The number of nitrogens with zero attached hydrogens (tertiary/aromatic N) is 1. The lowest BCUT2D eigenvalue weighted by atomic mass is 10.1. The molecule has 0 fully saturated rings. The van der Waals surface area contributed by atoms with Gasteiger partial charge in [0.15, 0.2) is 0 Å². The highest BCUT2D eigenvalue weighted by Crippen LogP contribution is 2.56. The standard InChI is InChI=1S/C17H14F3NS/c1-11-3-7-13(8-4-11)15-21-17(19,20)16(18,22-15)14-9-5-12(2)6-10-14/h3-10H,1-2H3. The van der Waals surface area contributed by atoms with Gasteiger partial charge in [0, 0.05) is 11.1 Å². The average Bonchev–Trinajstić information content (AvgIpc) is 2.71. The van der Waals surface area contributed by atoms with E-state index >= 15 is 4.39 Å². The van der Waals surface area contributed by atoms with E-state index in [-0.39, 0.29) is 10.6 Å². The fraction of sp³-hybridized carbons (Fsp3) is 0.235. The van der Waals surface area contributed by atoms with Crippen molar-refractivity contribution in [2.45, 2.75) is 24.9 Å². The van der Waals surface area contributed by atoms with Gasteiger partial charge in [-0.05, 0) is 13.8 Å². The fourth-order valence-electron chi connectivity index (χ4n) is 2.24. The third kappa shape index (κ3) is 2.43. The summed E-state index contributed by atoms with van der Waals surface area (Å²) in [6.07, 6.45) is 0. The van der Waals surface area contributed by atoms with E-state index in [1.54, 1.807) is 36.4 Å². The molecular weight excluding hydrogens is 307 g/mol. The molecule has 114 valence electrons. The number of rotatable bonds is 2. The van der Waals surface area contributed by atoms with E-state index in [1.807, 2.05) is 13.8 Å². The Labute approximate surface area is 131 Å². The van der Waals surface area contributed by atoms with Gasteiger partial charge in [-0.15, -0.1) is 0 Å². The molecule has 0 saturated carbocycles. The molecule has 1 atom stereocenters. The van der Waals surface area contributed by atoms with Crippen LogP contribution in [0.1, 0.15) is 22.3 Å². The number of halogens is 3. The Hall–Kier alpha value is -1.75. The van der Waals surface area contributed by atoms with E-state index in [4.69, 9.17) is 0 Å². The fourth-order valence-corrected chi connectivity index (χ4v) is 3.34. The molecule has 1 aliphatic rings. The number of alkyl halides is 3. The van der Waals surface area contributed by atoms with E-state index in [0.29, 0.717) is 17.3 Å². The Balaban J connectivity index is 1.99. The summed E-state index contributed by atoms with van der Waals surface area (Å²) in [4.78, 5) is 3.34. The molecule has 0 aromatic heterocycles. The monoisotopic (exact) mass is 321 g/mol. The Morgan fingerprint density at radius 1 is 0.818 bits per heavy atom. The number of benzene rings is 2. The zero-order valence-corrected chi connectivity index (χ0v) is 12.9. The van der Waals surface area contributed by atoms with Gasteiger partial charge in [-0.25, -0.2) is 9.38 Å². The van der Waals surface area contributed by atoms with Gasteiger partial charge in [0.05, 0.1) is 0 Å². The molecule has 1 nitrogen and oxygen atoms in total. The van der Waals surface area contributed by atoms with Gasteiger partial charge in [-0.2, -0.15) is 8.78 Å². The molecule has 1 unspecified atom stereocenters. The molecule has 1 aliphatic heterocycles. The molecule has 0 spiro atoms. The van der Waals surface area contributed by atoms with Crippen LogP contribution in [-0.4, -0.2) is 11.1 Å². The van der Waals surface area contributed by atoms with Crippen LogP contribution in [0, 0.1) is 13.8 Å². The predicted molar refractivity (Wildman–Crippen MR) is 84.2 cm³/mol. The van der Waals surface area contributed by atoms with Crippen LogP contribution >= 0.6 is 11.8 Å². The van der Waals surface area contributed by atoms with Gasteiger partial charge >= 0.3 is 6.05 Å². The number of aryl methyl sites for hydroxylation is 2. The summed E-state index contributed by atoms with van der Waals surface area (Å²) < 4.78 is 43.5. The van der Waals surface area contributed by atoms with Crippen LogP contribution in [0.15, 0.2) is 53.5 Å². The highest BCUT2D eigenvalue weighted by molar-refractivity contribution is 8.15. The van der Waals surface area contributed by atoms with Gasteiger partial charge in [0.1, 0.15) is 5.04 Å². The van der Waals surface area contributed by atoms with Crippen molar-refractivity contribution in [2.24, 2.45) is 4.99 Å². The number of aliphatic imine (C=N–C) groups is 1. The second-order valence-electron chi connectivity index (χ2n) is 5.39. The topological polar surface area (TPSA) is 12.4 Å². The van der Waals surface area contributed by atoms with Crippen LogP contribution in [-0.2, 0) is 5.00 Å². The van der Waals surface area contributed by atoms with Crippen molar-refractivity contribution in [2.75, 3.05) is 0 Å². The highest BCUT2D eigenvalue weighted by atomic mass is 32.2. The van der Waals surface area contributed by atoms with Gasteiger partial charge in [0.2, 0.25) is 0 Å². The molecule has 0 amide bonds. The lowest BCUT2D eigenvalue weighted by Gasteiger charge is -2.24. The van der Waals surface area contributed by atoms with Crippen molar-refractivity contribution < 1.29 is 13.2 Å². The highest BCUT2D eigenvalue weighted by Gasteiger charge is 2.62. The van der Waals surface area contributed by atoms with Gasteiger partial charge < -0.3 is 0 Å². The molecule has 22 heavy (non-hydrogen) atoms. The Bertz CT molecular complexity index is 723. The maximum atomic E-state index is 15.1. The van der Waals surface area contributed by atoms with Crippen molar-refractivity contribution in [1.82, 2.24) is 0 Å². The maximum Gasteiger partial charge on any atom is 0.391 e. The molecule has 5 heteroatoms. The summed E-state index contributed by atoms with van der Waals surface area (Å²) in [5.41, 5.74) is 2.32. The first kappa shape index (κ1) is 15.2. The van der Waals surface area contributed by atoms with E-state index in [9.17, 15) is 8.78 Å². The van der Waals surface area contributed by atoms with Crippen LogP contribution in [0.3, 0.4) is 0 Å². The summed E-state index contributed by atoms with van der Waals surface area (Å²) in [5, 5.41) is -2.85. The predicted octanol–water partition coefficient (Wildman–Crippen LogP) is 5.21. The van der Waals surface area contributed by atoms with Crippen LogP contribution in [0.2, 0.25) is 0 Å². The van der Waals surface area contributed by atoms with E-state index in [0.717, 1.165) is 11.1 Å². The number of hydrogen-bond donors (Lipinski definition) is 0. The average molecular weight is 321 g/mol. The van der Waals surface area contributed by atoms with Gasteiger partial charge in [-0.3, -0.25) is 0 Å². The lowest BCUT2D eigenvalue weighted by Crippen LogP contribution is -2.33. The first-order valence-corrected chi connectivity index (χ1v) is 7.63. The Morgan fingerprint density at radius 2 is 1.32 bits per heavy atom. The zero-order chi connectivity index (χ0) is 16.0. The third-order valence-electron chi connectivity index (χ3n) is 3.59. The van der Waals surface area contributed by atoms with Crippen molar-refractivity contribution >= 4 is 16.8 Å². The quantitative estimate of drug-likeness (QED) is 0.692. The zero-order valence-electron chi connectivity index (χ0n) is 12.1. The first-order valence-electron chi connectivity index (χ1n) is 6.82. The van der Waals surface area contributed by atoms with E-state index in [1.165, 1.54) is 12.1 Å².